The number of anilines is 2. The molecule has 1 nitrogen and oxygen atoms in total. The minimum absolute atomic E-state index is 0.0422. The van der Waals surface area contributed by atoms with Gasteiger partial charge in [0.25, 0.3) is 0 Å². The summed E-state index contributed by atoms with van der Waals surface area (Å²) in [6.07, 6.45) is 0. The van der Waals surface area contributed by atoms with E-state index in [9.17, 15) is 8.78 Å². The van der Waals surface area contributed by atoms with Crippen LogP contribution in [0, 0.1) is 11.6 Å². The Bertz CT molecular complexity index is 614. The molecule has 2 aromatic carbocycles. The number of rotatable bonds is 1. The van der Waals surface area contributed by atoms with Gasteiger partial charge >= 0.3 is 0 Å². The van der Waals surface area contributed by atoms with E-state index in [1.165, 1.54) is 18.2 Å². The zero-order chi connectivity index (χ0) is 13.6. The van der Waals surface area contributed by atoms with Crippen molar-refractivity contribution in [3.05, 3.63) is 59.7 Å². The third-order valence-electron chi connectivity index (χ3n) is 3.68. The highest BCUT2D eigenvalue weighted by Crippen LogP contribution is 2.45. The van der Waals surface area contributed by atoms with Crippen molar-refractivity contribution in [2.24, 2.45) is 0 Å². The van der Waals surface area contributed by atoms with Crippen LogP contribution in [0.1, 0.15) is 19.4 Å². The number of benzene rings is 2. The van der Waals surface area contributed by atoms with E-state index >= 15 is 0 Å². The van der Waals surface area contributed by atoms with Crippen molar-refractivity contribution < 1.29 is 8.78 Å². The SMILES string of the molecule is CC1(C)CN(c2c(F)cccc2F)c2ccccc21. The predicted octanol–water partition coefficient (Wildman–Crippen LogP) is 4.39. The average molecular weight is 259 g/mol. The zero-order valence-corrected chi connectivity index (χ0v) is 11.0. The molecule has 1 heterocycles. The summed E-state index contributed by atoms with van der Waals surface area (Å²) in [6, 6.07) is 11.8. The highest BCUT2D eigenvalue weighted by Gasteiger charge is 2.37. The molecule has 0 fully saturated rings. The van der Waals surface area contributed by atoms with Gasteiger partial charge in [0.15, 0.2) is 0 Å². The van der Waals surface area contributed by atoms with Gasteiger partial charge in [-0.25, -0.2) is 8.78 Å². The molecule has 0 spiro atoms. The maximum Gasteiger partial charge on any atom is 0.149 e. The highest BCUT2D eigenvalue weighted by molar-refractivity contribution is 5.73. The molecule has 0 bridgehead atoms. The van der Waals surface area contributed by atoms with E-state index in [1.807, 2.05) is 24.3 Å². The Labute approximate surface area is 111 Å². The largest absolute Gasteiger partial charge is 0.336 e. The van der Waals surface area contributed by atoms with E-state index in [1.54, 1.807) is 4.90 Å². The average Bonchev–Trinajstić information content (AvgIpc) is 2.62. The fourth-order valence-electron chi connectivity index (χ4n) is 2.79. The van der Waals surface area contributed by atoms with Crippen LogP contribution >= 0.6 is 0 Å². The molecule has 0 N–H and O–H groups in total. The third-order valence-corrected chi connectivity index (χ3v) is 3.68. The number of halogens is 2. The monoisotopic (exact) mass is 259 g/mol. The Kier molecular flexibility index (Phi) is 2.59. The molecule has 0 aliphatic carbocycles. The minimum Gasteiger partial charge on any atom is -0.336 e. The van der Waals surface area contributed by atoms with E-state index < -0.39 is 11.6 Å². The van der Waals surface area contributed by atoms with Crippen molar-refractivity contribution in [2.45, 2.75) is 19.3 Å². The van der Waals surface area contributed by atoms with E-state index in [0.29, 0.717) is 6.54 Å². The first-order valence-electron chi connectivity index (χ1n) is 6.32. The standard InChI is InChI=1S/C16H15F2N/c1-16(2)10-19(14-9-4-3-6-11(14)16)15-12(17)7-5-8-13(15)18/h3-9H,10H2,1-2H3. The molecule has 0 amide bonds. The van der Waals surface area contributed by atoms with Crippen LogP contribution in [0.4, 0.5) is 20.2 Å². The highest BCUT2D eigenvalue weighted by atomic mass is 19.1. The van der Waals surface area contributed by atoms with E-state index in [0.717, 1.165) is 11.3 Å². The second-order valence-electron chi connectivity index (χ2n) is 5.56. The molecular formula is C16H15F2N. The first-order valence-corrected chi connectivity index (χ1v) is 6.32. The van der Waals surface area contributed by atoms with Gasteiger partial charge in [-0.05, 0) is 23.8 Å². The van der Waals surface area contributed by atoms with Crippen LogP contribution in [-0.4, -0.2) is 6.54 Å². The van der Waals surface area contributed by atoms with Gasteiger partial charge in [-0.3, -0.25) is 0 Å². The van der Waals surface area contributed by atoms with Gasteiger partial charge in [-0.15, -0.1) is 0 Å². The number of para-hydroxylation sites is 2. The molecule has 2 aromatic rings. The van der Waals surface area contributed by atoms with Gasteiger partial charge in [-0.2, -0.15) is 0 Å². The first kappa shape index (κ1) is 12.2. The maximum atomic E-state index is 14.0. The topological polar surface area (TPSA) is 3.24 Å². The molecule has 0 saturated heterocycles. The lowest BCUT2D eigenvalue weighted by atomic mass is 9.87. The molecule has 0 atom stereocenters. The van der Waals surface area contributed by atoms with Gasteiger partial charge in [0.2, 0.25) is 0 Å². The summed E-state index contributed by atoms with van der Waals surface area (Å²) in [7, 11) is 0. The zero-order valence-electron chi connectivity index (χ0n) is 11.0. The predicted molar refractivity (Wildman–Crippen MR) is 72.8 cm³/mol. The summed E-state index contributed by atoms with van der Waals surface area (Å²) in [6.45, 7) is 4.75. The number of hydrogen-bond donors (Lipinski definition) is 0. The molecule has 3 rings (SSSR count). The Morgan fingerprint density at radius 1 is 0.947 bits per heavy atom. The molecule has 0 saturated carbocycles. The normalized spacial score (nSPS) is 16.5. The van der Waals surface area contributed by atoms with Crippen molar-refractivity contribution >= 4 is 11.4 Å². The molecule has 19 heavy (non-hydrogen) atoms. The number of fused-ring (bicyclic) bond motifs is 1. The molecule has 1 aliphatic rings. The quantitative estimate of drug-likeness (QED) is 0.734. The van der Waals surface area contributed by atoms with Crippen molar-refractivity contribution in [1.29, 1.82) is 0 Å². The lowest BCUT2D eigenvalue weighted by Crippen LogP contribution is -2.26. The van der Waals surface area contributed by atoms with Crippen molar-refractivity contribution in [2.75, 3.05) is 11.4 Å². The van der Waals surface area contributed by atoms with E-state index in [2.05, 4.69) is 13.8 Å². The van der Waals surface area contributed by atoms with E-state index in [4.69, 9.17) is 0 Å². The Hall–Kier alpha value is -1.90. The maximum absolute atomic E-state index is 14.0. The van der Waals surface area contributed by atoms with E-state index in [-0.39, 0.29) is 11.1 Å². The van der Waals surface area contributed by atoms with Gasteiger partial charge < -0.3 is 4.90 Å². The summed E-state index contributed by atoms with van der Waals surface area (Å²) < 4.78 is 27.9. The fourth-order valence-corrected chi connectivity index (χ4v) is 2.79. The minimum atomic E-state index is -0.521. The second kappa shape index (κ2) is 4.05. The number of hydrogen-bond acceptors (Lipinski definition) is 1. The van der Waals surface area contributed by atoms with Crippen LogP contribution in [0.15, 0.2) is 42.5 Å². The first-order chi connectivity index (χ1) is 9.00. The van der Waals surface area contributed by atoms with Crippen LogP contribution in [0.5, 0.6) is 0 Å². The van der Waals surface area contributed by atoms with Gasteiger partial charge in [0, 0.05) is 17.6 Å². The molecule has 98 valence electrons. The fraction of sp³-hybridized carbons (Fsp3) is 0.250. The Balaban J connectivity index is 2.19. The van der Waals surface area contributed by atoms with Crippen molar-refractivity contribution in [3.8, 4) is 0 Å². The summed E-state index contributed by atoms with van der Waals surface area (Å²) in [5, 5.41) is 0. The summed E-state index contributed by atoms with van der Waals surface area (Å²) in [5.74, 6) is -1.04. The summed E-state index contributed by atoms with van der Waals surface area (Å²) >= 11 is 0. The summed E-state index contributed by atoms with van der Waals surface area (Å²) in [5.41, 5.74) is 1.93. The van der Waals surface area contributed by atoms with Crippen LogP contribution in [0.2, 0.25) is 0 Å². The summed E-state index contributed by atoms with van der Waals surface area (Å²) in [4.78, 5) is 1.74. The van der Waals surface area contributed by atoms with Crippen LogP contribution in [0.25, 0.3) is 0 Å². The van der Waals surface area contributed by atoms with Gasteiger partial charge in [0.1, 0.15) is 17.3 Å². The molecule has 0 radical (unpaired) electrons. The van der Waals surface area contributed by atoms with Crippen LogP contribution < -0.4 is 4.90 Å². The Morgan fingerprint density at radius 3 is 2.26 bits per heavy atom. The molecular weight excluding hydrogens is 244 g/mol. The van der Waals surface area contributed by atoms with Crippen LogP contribution in [0.3, 0.4) is 0 Å². The van der Waals surface area contributed by atoms with Gasteiger partial charge in [0.05, 0.1) is 0 Å². The smallest absolute Gasteiger partial charge is 0.149 e. The molecule has 0 unspecified atom stereocenters. The van der Waals surface area contributed by atoms with Crippen molar-refractivity contribution in [3.63, 3.8) is 0 Å². The molecule has 3 heteroatoms. The van der Waals surface area contributed by atoms with Gasteiger partial charge in [-0.1, -0.05) is 38.1 Å². The van der Waals surface area contributed by atoms with Crippen LogP contribution in [-0.2, 0) is 5.41 Å². The Morgan fingerprint density at radius 2 is 1.58 bits per heavy atom. The van der Waals surface area contributed by atoms with Crippen molar-refractivity contribution in [1.82, 2.24) is 0 Å². The lowest BCUT2D eigenvalue weighted by Gasteiger charge is -2.23. The second-order valence-corrected chi connectivity index (χ2v) is 5.56. The molecule has 1 aliphatic heterocycles. The third kappa shape index (κ3) is 1.81. The lowest BCUT2D eigenvalue weighted by molar-refractivity contribution is 0.547. The molecule has 0 aromatic heterocycles. The number of nitrogens with zero attached hydrogens (tertiary/aromatic N) is 1.